The molecule has 0 radical (unpaired) electrons. The van der Waals surface area contributed by atoms with Crippen molar-refractivity contribution in [3.05, 3.63) is 58.5 Å². The molecule has 0 spiro atoms. The van der Waals surface area contributed by atoms with Gasteiger partial charge in [-0.3, -0.25) is 9.78 Å². The molecule has 0 bridgehead atoms. The molecule has 0 aromatic carbocycles. The Hall–Kier alpha value is -3.03. The predicted octanol–water partition coefficient (Wildman–Crippen LogP) is 1.35. The van der Waals surface area contributed by atoms with Gasteiger partial charge in [-0.25, -0.2) is 0 Å². The van der Waals surface area contributed by atoms with Crippen molar-refractivity contribution in [3.63, 3.8) is 0 Å². The molecule has 1 saturated heterocycles. The Bertz CT molecular complexity index is 697. The largest absolute Gasteiger partial charge is 0.365 e. The van der Waals surface area contributed by atoms with Gasteiger partial charge in [0.1, 0.15) is 5.69 Å². The van der Waals surface area contributed by atoms with Gasteiger partial charge in [0, 0.05) is 38.4 Å². The quantitative estimate of drug-likeness (QED) is 0.627. The van der Waals surface area contributed by atoms with Gasteiger partial charge < -0.3 is 19.9 Å². The lowest BCUT2D eigenvalue weighted by molar-refractivity contribution is -0.389. The lowest BCUT2D eigenvalue weighted by Gasteiger charge is -2.35. The second kappa shape index (κ2) is 6.39. The maximum atomic E-state index is 12.3. The zero-order chi connectivity index (χ0) is 16.2. The Morgan fingerprint density at radius 1 is 1.09 bits per heavy atom. The van der Waals surface area contributed by atoms with Gasteiger partial charge in [0.15, 0.2) is 6.20 Å². The first-order valence-corrected chi connectivity index (χ1v) is 7.21. The van der Waals surface area contributed by atoms with Crippen LogP contribution in [0.1, 0.15) is 10.5 Å². The van der Waals surface area contributed by atoms with Crippen molar-refractivity contribution in [1.82, 2.24) is 14.9 Å². The summed E-state index contributed by atoms with van der Waals surface area (Å²) in [7, 11) is 0. The Kier molecular flexibility index (Phi) is 4.13. The molecule has 0 saturated carbocycles. The Morgan fingerprint density at radius 3 is 2.43 bits per heavy atom. The smallest absolute Gasteiger partial charge is 0.363 e. The van der Waals surface area contributed by atoms with E-state index >= 15 is 0 Å². The van der Waals surface area contributed by atoms with E-state index in [1.54, 1.807) is 35.4 Å². The number of rotatable bonds is 3. The third-order valence-electron chi connectivity index (χ3n) is 3.74. The van der Waals surface area contributed by atoms with Gasteiger partial charge in [-0.05, 0) is 28.1 Å². The zero-order valence-corrected chi connectivity index (χ0v) is 12.3. The molecule has 0 unspecified atom stereocenters. The molecule has 1 amide bonds. The molecule has 118 valence electrons. The minimum Gasteiger partial charge on any atom is -0.365 e. The normalized spacial score (nSPS) is 14.6. The van der Waals surface area contributed by atoms with Gasteiger partial charge in [0.2, 0.25) is 0 Å². The Labute approximate surface area is 132 Å². The number of piperazine rings is 1. The molecule has 0 N–H and O–H groups in total. The Morgan fingerprint density at radius 2 is 1.87 bits per heavy atom. The fourth-order valence-corrected chi connectivity index (χ4v) is 2.49. The van der Waals surface area contributed by atoms with Crippen molar-refractivity contribution in [1.29, 1.82) is 0 Å². The fourth-order valence-electron chi connectivity index (χ4n) is 2.49. The number of nitrogens with zero attached hydrogens (tertiary/aromatic N) is 5. The van der Waals surface area contributed by atoms with Gasteiger partial charge in [0.25, 0.3) is 5.91 Å². The summed E-state index contributed by atoms with van der Waals surface area (Å²) in [5.74, 6) is -0.246. The van der Waals surface area contributed by atoms with E-state index < -0.39 is 4.92 Å². The van der Waals surface area contributed by atoms with Crippen LogP contribution in [0.25, 0.3) is 0 Å². The maximum Gasteiger partial charge on any atom is 0.363 e. The van der Waals surface area contributed by atoms with Crippen LogP contribution in [0.2, 0.25) is 0 Å². The molecule has 1 aliphatic rings. The van der Waals surface area contributed by atoms with E-state index in [4.69, 9.17) is 0 Å². The van der Waals surface area contributed by atoms with Crippen LogP contribution >= 0.6 is 0 Å². The average Bonchev–Trinajstić information content (AvgIpc) is 2.62. The van der Waals surface area contributed by atoms with Crippen molar-refractivity contribution in [3.8, 4) is 0 Å². The molecular weight excluding hydrogens is 298 g/mol. The van der Waals surface area contributed by atoms with Crippen LogP contribution in [0.3, 0.4) is 0 Å². The Balaban J connectivity index is 1.62. The first kappa shape index (κ1) is 14.9. The summed E-state index contributed by atoms with van der Waals surface area (Å²) in [5.41, 5.74) is 1.26. The summed E-state index contributed by atoms with van der Waals surface area (Å²) in [4.78, 5) is 34.1. The molecule has 0 atom stereocenters. The third-order valence-corrected chi connectivity index (χ3v) is 3.74. The molecule has 8 heteroatoms. The van der Waals surface area contributed by atoms with Crippen LogP contribution in [-0.2, 0) is 0 Å². The molecule has 23 heavy (non-hydrogen) atoms. The van der Waals surface area contributed by atoms with Crippen LogP contribution < -0.4 is 4.90 Å². The van der Waals surface area contributed by atoms with Crippen molar-refractivity contribution >= 4 is 17.4 Å². The van der Waals surface area contributed by atoms with Crippen LogP contribution in [0, 0.1) is 10.1 Å². The highest BCUT2D eigenvalue weighted by Crippen LogP contribution is 2.18. The SMILES string of the molecule is O=C(c1ccccn1)N1CCN(c2ccc([N+](=O)[O-])nc2)CC1. The van der Waals surface area contributed by atoms with Gasteiger partial charge in [-0.1, -0.05) is 6.07 Å². The number of carbonyl (C=O) groups is 1. The lowest BCUT2D eigenvalue weighted by atomic mass is 10.2. The minimum absolute atomic E-state index is 0.0768. The van der Waals surface area contributed by atoms with E-state index in [1.165, 1.54) is 12.3 Å². The molecular formula is C15H15N5O3. The lowest BCUT2D eigenvalue weighted by Crippen LogP contribution is -2.49. The van der Waals surface area contributed by atoms with Crippen LogP contribution in [0.15, 0.2) is 42.7 Å². The van der Waals surface area contributed by atoms with E-state index in [2.05, 4.69) is 14.9 Å². The number of amides is 1. The summed E-state index contributed by atoms with van der Waals surface area (Å²) in [6.45, 7) is 2.45. The molecule has 2 aromatic heterocycles. The molecule has 8 nitrogen and oxygen atoms in total. The number of carbonyl (C=O) groups excluding carboxylic acids is 1. The number of nitro groups is 1. The number of aromatic nitrogens is 2. The molecule has 3 heterocycles. The third kappa shape index (κ3) is 3.25. The van der Waals surface area contributed by atoms with E-state index in [0.717, 1.165) is 5.69 Å². The van der Waals surface area contributed by atoms with Crippen molar-refractivity contribution in [2.75, 3.05) is 31.1 Å². The van der Waals surface area contributed by atoms with E-state index in [9.17, 15) is 14.9 Å². The van der Waals surface area contributed by atoms with E-state index in [0.29, 0.717) is 31.9 Å². The monoisotopic (exact) mass is 313 g/mol. The standard InChI is InChI=1S/C15H15N5O3/c21-15(13-3-1-2-6-16-13)19-9-7-18(8-10-19)12-4-5-14(17-11-12)20(22)23/h1-6,11H,7-10H2. The van der Waals surface area contributed by atoms with Gasteiger partial charge >= 0.3 is 5.82 Å². The highest BCUT2D eigenvalue weighted by atomic mass is 16.6. The average molecular weight is 313 g/mol. The summed E-state index contributed by atoms with van der Waals surface area (Å²) < 4.78 is 0. The number of hydrogen-bond acceptors (Lipinski definition) is 6. The summed E-state index contributed by atoms with van der Waals surface area (Å²) in [6.07, 6.45) is 3.10. The second-order valence-electron chi connectivity index (χ2n) is 5.13. The van der Waals surface area contributed by atoms with Crippen molar-refractivity contribution in [2.24, 2.45) is 0 Å². The van der Waals surface area contributed by atoms with Gasteiger partial charge in [0.05, 0.1) is 5.69 Å². The second-order valence-corrected chi connectivity index (χ2v) is 5.13. The summed E-state index contributed by atoms with van der Waals surface area (Å²) in [6, 6.07) is 8.34. The highest BCUT2D eigenvalue weighted by molar-refractivity contribution is 5.92. The predicted molar refractivity (Wildman–Crippen MR) is 83.2 cm³/mol. The van der Waals surface area contributed by atoms with Crippen molar-refractivity contribution < 1.29 is 9.72 Å². The van der Waals surface area contributed by atoms with Crippen LogP contribution in [0.5, 0.6) is 0 Å². The summed E-state index contributed by atoms with van der Waals surface area (Å²) >= 11 is 0. The topological polar surface area (TPSA) is 92.5 Å². The minimum atomic E-state index is -0.521. The summed E-state index contributed by atoms with van der Waals surface area (Å²) in [5, 5.41) is 10.6. The number of pyridine rings is 2. The molecule has 1 fully saturated rings. The number of anilines is 1. The first-order chi connectivity index (χ1) is 11.1. The van der Waals surface area contributed by atoms with E-state index in [1.807, 2.05) is 0 Å². The first-order valence-electron chi connectivity index (χ1n) is 7.21. The molecule has 0 aliphatic carbocycles. The van der Waals surface area contributed by atoms with Crippen LogP contribution in [-0.4, -0.2) is 51.9 Å². The highest BCUT2D eigenvalue weighted by Gasteiger charge is 2.23. The molecule has 2 aromatic rings. The fraction of sp³-hybridized carbons (Fsp3) is 0.267. The van der Waals surface area contributed by atoms with Crippen molar-refractivity contribution in [2.45, 2.75) is 0 Å². The van der Waals surface area contributed by atoms with Gasteiger partial charge in [-0.15, -0.1) is 0 Å². The van der Waals surface area contributed by atoms with Crippen LogP contribution in [0.4, 0.5) is 11.5 Å². The van der Waals surface area contributed by atoms with Gasteiger partial charge in [-0.2, -0.15) is 0 Å². The maximum absolute atomic E-state index is 12.3. The molecule has 3 rings (SSSR count). The zero-order valence-electron chi connectivity index (χ0n) is 12.3. The van der Waals surface area contributed by atoms with E-state index in [-0.39, 0.29) is 11.7 Å². The number of hydrogen-bond donors (Lipinski definition) is 0. The molecule has 1 aliphatic heterocycles.